The van der Waals surface area contributed by atoms with Crippen molar-refractivity contribution in [2.75, 3.05) is 7.11 Å². The van der Waals surface area contributed by atoms with Crippen molar-refractivity contribution in [3.05, 3.63) is 34.3 Å². The highest BCUT2D eigenvalue weighted by Gasteiger charge is 2.19. The molecule has 1 fully saturated rings. The molecule has 0 saturated heterocycles. The maximum absolute atomic E-state index is 11.3. The van der Waals surface area contributed by atoms with Crippen LogP contribution >= 0.6 is 11.6 Å². The number of hydrogen-bond donors (Lipinski definition) is 0. The van der Waals surface area contributed by atoms with E-state index in [0.717, 1.165) is 17.9 Å². The minimum absolute atomic E-state index is 0.336. The first-order valence-electron chi connectivity index (χ1n) is 5.57. The lowest BCUT2D eigenvalue weighted by Gasteiger charge is -2.25. The molecule has 0 radical (unpaired) electrons. The predicted octanol–water partition coefficient (Wildman–Crippen LogP) is 3.47. The van der Waals surface area contributed by atoms with E-state index in [0.29, 0.717) is 10.6 Å². The Kier molecular flexibility index (Phi) is 3.49. The molecule has 3 heteroatoms. The third kappa shape index (κ3) is 2.38. The summed E-state index contributed by atoms with van der Waals surface area (Å²) in [7, 11) is 1.37. The van der Waals surface area contributed by atoms with Gasteiger partial charge in [0.05, 0.1) is 12.7 Å². The van der Waals surface area contributed by atoms with Gasteiger partial charge in [-0.05, 0) is 30.0 Å². The maximum atomic E-state index is 11.3. The minimum atomic E-state index is -0.336. The molecule has 0 unspecified atom stereocenters. The van der Waals surface area contributed by atoms with Crippen LogP contribution in [0.1, 0.15) is 35.2 Å². The highest BCUT2D eigenvalue weighted by atomic mass is 35.5. The second-order valence-corrected chi connectivity index (χ2v) is 4.71. The number of carbonyl (C=O) groups is 1. The summed E-state index contributed by atoms with van der Waals surface area (Å²) >= 11 is 6.15. The molecule has 0 amide bonds. The summed E-state index contributed by atoms with van der Waals surface area (Å²) in [6.45, 7) is 0. The van der Waals surface area contributed by atoms with Crippen molar-refractivity contribution in [3.63, 3.8) is 0 Å². The molecule has 2 nitrogen and oxygen atoms in total. The molecular formula is C13H15ClO2. The first kappa shape index (κ1) is 11.5. The van der Waals surface area contributed by atoms with Crippen molar-refractivity contribution in [3.8, 4) is 0 Å². The molecule has 0 bridgehead atoms. The minimum Gasteiger partial charge on any atom is -0.465 e. The number of benzene rings is 1. The molecule has 86 valence electrons. The molecule has 1 aromatic carbocycles. The standard InChI is InChI=1S/C13H15ClO2/c1-16-13(15)11-6-5-10(12(14)8-11)7-9-3-2-4-9/h5-6,8-9H,2-4,7H2,1H3. The molecule has 0 atom stereocenters. The van der Waals surface area contributed by atoms with Crippen LogP contribution in [0.3, 0.4) is 0 Å². The first-order valence-corrected chi connectivity index (χ1v) is 5.95. The van der Waals surface area contributed by atoms with Crippen molar-refractivity contribution in [2.45, 2.75) is 25.7 Å². The molecule has 16 heavy (non-hydrogen) atoms. The zero-order chi connectivity index (χ0) is 11.5. The van der Waals surface area contributed by atoms with Crippen LogP contribution in [0.5, 0.6) is 0 Å². The third-order valence-corrected chi connectivity index (χ3v) is 3.56. The van der Waals surface area contributed by atoms with Gasteiger partial charge >= 0.3 is 5.97 Å². The number of ether oxygens (including phenoxy) is 1. The topological polar surface area (TPSA) is 26.3 Å². The number of esters is 1. The van der Waals surface area contributed by atoms with E-state index < -0.39 is 0 Å². The summed E-state index contributed by atoms with van der Waals surface area (Å²) in [5.41, 5.74) is 1.66. The van der Waals surface area contributed by atoms with E-state index in [-0.39, 0.29) is 5.97 Å². The average Bonchev–Trinajstić information content (AvgIpc) is 2.23. The van der Waals surface area contributed by atoms with Crippen LogP contribution in [-0.2, 0) is 11.2 Å². The van der Waals surface area contributed by atoms with E-state index in [1.165, 1.54) is 26.4 Å². The van der Waals surface area contributed by atoms with Gasteiger partial charge in [0.1, 0.15) is 0 Å². The Hall–Kier alpha value is -1.02. The molecule has 1 aliphatic rings. The quantitative estimate of drug-likeness (QED) is 0.754. The molecule has 1 aliphatic carbocycles. The summed E-state index contributed by atoms with van der Waals surface area (Å²) in [4.78, 5) is 11.3. The average molecular weight is 239 g/mol. The first-order chi connectivity index (χ1) is 7.70. The molecule has 0 heterocycles. The molecular weight excluding hydrogens is 224 g/mol. The third-order valence-electron chi connectivity index (χ3n) is 3.21. The predicted molar refractivity (Wildman–Crippen MR) is 63.8 cm³/mol. The second kappa shape index (κ2) is 4.88. The lowest BCUT2D eigenvalue weighted by Crippen LogP contribution is -2.14. The molecule has 0 N–H and O–H groups in total. The van der Waals surface area contributed by atoms with Crippen molar-refractivity contribution in [1.29, 1.82) is 0 Å². The van der Waals surface area contributed by atoms with E-state index in [9.17, 15) is 4.79 Å². The summed E-state index contributed by atoms with van der Waals surface area (Å²) in [5.74, 6) is 0.443. The number of halogens is 1. The Balaban J connectivity index is 2.12. The van der Waals surface area contributed by atoms with Crippen molar-refractivity contribution < 1.29 is 9.53 Å². The molecule has 0 aliphatic heterocycles. The van der Waals surface area contributed by atoms with Gasteiger partial charge in [0.15, 0.2) is 0 Å². The van der Waals surface area contributed by atoms with Gasteiger partial charge in [-0.1, -0.05) is 36.9 Å². The highest BCUT2D eigenvalue weighted by molar-refractivity contribution is 6.31. The molecule has 0 spiro atoms. The lowest BCUT2D eigenvalue weighted by molar-refractivity contribution is 0.0600. The van der Waals surface area contributed by atoms with E-state index in [1.54, 1.807) is 12.1 Å². The molecule has 1 aromatic rings. The van der Waals surface area contributed by atoms with Gasteiger partial charge in [0.25, 0.3) is 0 Å². The maximum Gasteiger partial charge on any atom is 0.337 e. The van der Waals surface area contributed by atoms with Gasteiger partial charge < -0.3 is 4.74 Å². The number of rotatable bonds is 3. The normalized spacial score (nSPS) is 15.6. The van der Waals surface area contributed by atoms with Gasteiger partial charge in [-0.2, -0.15) is 0 Å². The van der Waals surface area contributed by atoms with Crippen molar-refractivity contribution in [1.82, 2.24) is 0 Å². The van der Waals surface area contributed by atoms with Crippen LogP contribution in [0.25, 0.3) is 0 Å². The fraction of sp³-hybridized carbons (Fsp3) is 0.462. The monoisotopic (exact) mass is 238 g/mol. The Morgan fingerprint density at radius 1 is 1.50 bits per heavy atom. The van der Waals surface area contributed by atoms with Gasteiger partial charge in [-0.15, -0.1) is 0 Å². The van der Waals surface area contributed by atoms with E-state index in [2.05, 4.69) is 4.74 Å². The number of methoxy groups -OCH3 is 1. The second-order valence-electron chi connectivity index (χ2n) is 4.30. The molecule has 2 rings (SSSR count). The van der Waals surface area contributed by atoms with E-state index in [4.69, 9.17) is 11.6 Å². The molecule has 0 aromatic heterocycles. The van der Waals surface area contributed by atoms with Crippen molar-refractivity contribution in [2.24, 2.45) is 5.92 Å². The van der Waals surface area contributed by atoms with Gasteiger partial charge in [-0.3, -0.25) is 0 Å². The number of carbonyl (C=O) groups excluding carboxylic acids is 1. The summed E-state index contributed by atoms with van der Waals surface area (Å²) < 4.78 is 4.65. The van der Waals surface area contributed by atoms with Gasteiger partial charge in [0, 0.05) is 5.02 Å². The summed E-state index contributed by atoms with van der Waals surface area (Å²) in [6, 6.07) is 5.42. The van der Waals surface area contributed by atoms with Crippen molar-refractivity contribution >= 4 is 17.6 Å². The smallest absolute Gasteiger partial charge is 0.337 e. The number of hydrogen-bond acceptors (Lipinski definition) is 2. The Bertz CT molecular complexity index is 397. The van der Waals surface area contributed by atoms with Crippen LogP contribution < -0.4 is 0 Å². The Morgan fingerprint density at radius 3 is 2.75 bits per heavy atom. The lowest BCUT2D eigenvalue weighted by atomic mass is 9.81. The largest absolute Gasteiger partial charge is 0.465 e. The van der Waals surface area contributed by atoms with Crippen LogP contribution in [0.4, 0.5) is 0 Å². The zero-order valence-corrected chi connectivity index (χ0v) is 10.1. The Morgan fingerprint density at radius 2 is 2.25 bits per heavy atom. The SMILES string of the molecule is COC(=O)c1ccc(CC2CCC2)c(Cl)c1. The fourth-order valence-corrected chi connectivity index (χ4v) is 2.22. The van der Waals surface area contributed by atoms with Gasteiger partial charge in [0.2, 0.25) is 0 Å². The van der Waals surface area contributed by atoms with E-state index in [1.807, 2.05) is 6.07 Å². The zero-order valence-electron chi connectivity index (χ0n) is 9.33. The van der Waals surface area contributed by atoms with E-state index >= 15 is 0 Å². The van der Waals surface area contributed by atoms with Gasteiger partial charge in [-0.25, -0.2) is 4.79 Å². The Labute approximate surface area is 101 Å². The van der Waals surface area contributed by atoms with Crippen LogP contribution in [-0.4, -0.2) is 13.1 Å². The summed E-state index contributed by atoms with van der Waals surface area (Å²) in [5, 5.41) is 0.676. The molecule has 1 saturated carbocycles. The summed E-state index contributed by atoms with van der Waals surface area (Å²) in [6.07, 6.45) is 4.97. The van der Waals surface area contributed by atoms with Crippen LogP contribution in [0.15, 0.2) is 18.2 Å². The highest BCUT2D eigenvalue weighted by Crippen LogP contribution is 2.32. The van der Waals surface area contributed by atoms with Crippen LogP contribution in [0, 0.1) is 5.92 Å². The van der Waals surface area contributed by atoms with Crippen LogP contribution in [0.2, 0.25) is 5.02 Å². The fourth-order valence-electron chi connectivity index (χ4n) is 1.97.